The lowest BCUT2D eigenvalue weighted by Crippen LogP contribution is -2.35. The molecule has 114 valence electrons. The van der Waals surface area contributed by atoms with Gasteiger partial charge in [-0.25, -0.2) is 8.42 Å². The molecule has 2 rings (SSSR count). The van der Waals surface area contributed by atoms with Gasteiger partial charge in [-0.2, -0.15) is 4.31 Å². The van der Waals surface area contributed by atoms with Crippen LogP contribution in [0.2, 0.25) is 5.02 Å². The predicted molar refractivity (Wildman–Crippen MR) is 80.0 cm³/mol. The van der Waals surface area contributed by atoms with Crippen LogP contribution in [0.3, 0.4) is 0 Å². The summed E-state index contributed by atoms with van der Waals surface area (Å²) in [7, 11) is -3.77. The van der Waals surface area contributed by atoms with Gasteiger partial charge in [0.1, 0.15) is 5.02 Å². The fraction of sp³-hybridized carbons (Fsp3) is 0.385. The molecule has 0 bridgehead atoms. The van der Waals surface area contributed by atoms with Gasteiger partial charge >= 0.3 is 0 Å². The number of nitro groups is 1. The molecule has 21 heavy (non-hydrogen) atoms. The minimum atomic E-state index is -3.77. The maximum Gasteiger partial charge on any atom is 0.289 e. The van der Waals surface area contributed by atoms with Crippen molar-refractivity contribution in [3.63, 3.8) is 0 Å². The molecule has 1 heterocycles. The van der Waals surface area contributed by atoms with Crippen LogP contribution in [0, 0.1) is 17.0 Å². The summed E-state index contributed by atoms with van der Waals surface area (Å²) in [5.74, 6) is 0. The summed E-state index contributed by atoms with van der Waals surface area (Å²) in [6.45, 7) is 4.11. The highest BCUT2D eigenvalue weighted by Crippen LogP contribution is 2.32. The quantitative estimate of drug-likeness (QED) is 0.485. The number of halogens is 1. The first-order valence-electron chi connectivity index (χ1n) is 6.34. The van der Waals surface area contributed by atoms with E-state index < -0.39 is 20.6 Å². The number of sulfonamides is 1. The molecule has 0 radical (unpaired) electrons. The third-order valence-corrected chi connectivity index (χ3v) is 5.65. The molecule has 0 spiro atoms. The second kappa shape index (κ2) is 5.75. The summed E-state index contributed by atoms with van der Waals surface area (Å²) >= 11 is 5.80. The Morgan fingerprint density at radius 3 is 2.57 bits per heavy atom. The van der Waals surface area contributed by atoms with Gasteiger partial charge in [0.05, 0.1) is 9.82 Å². The molecule has 0 atom stereocenters. The molecule has 1 aromatic carbocycles. The van der Waals surface area contributed by atoms with Crippen molar-refractivity contribution in [3.05, 3.63) is 44.5 Å². The molecule has 1 aromatic rings. The van der Waals surface area contributed by atoms with Crippen molar-refractivity contribution >= 4 is 27.3 Å². The highest BCUT2D eigenvalue weighted by atomic mass is 35.5. The van der Waals surface area contributed by atoms with E-state index in [1.807, 2.05) is 13.0 Å². The van der Waals surface area contributed by atoms with E-state index >= 15 is 0 Å². The van der Waals surface area contributed by atoms with Crippen molar-refractivity contribution in [2.75, 3.05) is 13.1 Å². The lowest BCUT2D eigenvalue weighted by molar-refractivity contribution is -0.384. The standard InChI is InChI=1S/C13H15ClN2O4S/c1-9-4-3-5-15(8-9)21(19,20)13-7-12(16(17)18)11(14)6-10(13)2/h4,6-7H,3,5,8H2,1-2H3. The van der Waals surface area contributed by atoms with E-state index in [0.717, 1.165) is 11.6 Å². The Bertz CT molecular complexity index is 728. The van der Waals surface area contributed by atoms with E-state index in [2.05, 4.69) is 0 Å². The van der Waals surface area contributed by atoms with Gasteiger partial charge in [-0.3, -0.25) is 10.1 Å². The second-order valence-corrected chi connectivity index (χ2v) is 7.32. The topological polar surface area (TPSA) is 80.5 Å². The van der Waals surface area contributed by atoms with Crippen LogP contribution < -0.4 is 0 Å². The third-order valence-electron chi connectivity index (χ3n) is 3.36. The Morgan fingerprint density at radius 1 is 1.33 bits per heavy atom. The predicted octanol–water partition coefficient (Wildman–Crippen LogP) is 2.90. The molecule has 1 aliphatic rings. The molecule has 0 saturated heterocycles. The second-order valence-electron chi connectivity index (χ2n) is 5.00. The molecule has 1 aliphatic heterocycles. The fourth-order valence-electron chi connectivity index (χ4n) is 2.28. The number of benzene rings is 1. The normalized spacial score (nSPS) is 16.6. The van der Waals surface area contributed by atoms with Crippen LogP contribution in [0.4, 0.5) is 5.69 Å². The Kier molecular flexibility index (Phi) is 4.36. The molecule has 0 fully saturated rings. The van der Waals surface area contributed by atoms with Gasteiger partial charge < -0.3 is 0 Å². The zero-order valence-electron chi connectivity index (χ0n) is 11.7. The van der Waals surface area contributed by atoms with Crippen LogP contribution in [-0.2, 0) is 10.0 Å². The van der Waals surface area contributed by atoms with Gasteiger partial charge in [-0.05, 0) is 31.9 Å². The molecular formula is C13H15ClN2O4S. The summed E-state index contributed by atoms with van der Waals surface area (Å²) in [6.07, 6.45) is 2.63. The van der Waals surface area contributed by atoms with Gasteiger partial charge in [0.25, 0.3) is 5.69 Å². The van der Waals surface area contributed by atoms with Crippen LogP contribution in [-0.4, -0.2) is 30.7 Å². The van der Waals surface area contributed by atoms with Crippen molar-refractivity contribution in [3.8, 4) is 0 Å². The first-order valence-corrected chi connectivity index (χ1v) is 8.15. The summed E-state index contributed by atoms with van der Waals surface area (Å²) < 4.78 is 26.7. The average molecular weight is 331 g/mol. The Morgan fingerprint density at radius 2 is 2.00 bits per heavy atom. The summed E-state index contributed by atoms with van der Waals surface area (Å²) in [5.41, 5.74) is 0.967. The molecule has 0 unspecified atom stereocenters. The van der Waals surface area contributed by atoms with Gasteiger partial charge in [0.15, 0.2) is 0 Å². The van der Waals surface area contributed by atoms with E-state index in [-0.39, 0.29) is 9.92 Å². The molecule has 0 aliphatic carbocycles. The number of nitro benzene ring substituents is 1. The van der Waals surface area contributed by atoms with Crippen molar-refractivity contribution in [2.24, 2.45) is 0 Å². The molecule has 0 aromatic heterocycles. The zero-order chi connectivity index (χ0) is 15.8. The maximum atomic E-state index is 12.7. The van der Waals surface area contributed by atoms with Crippen molar-refractivity contribution in [1.29, 1.82) is 0 Å². The summed E-state index contributed by atoms with van der Waals surface area (Å²) in [4.78, 5) is 10.2. The first kappa shape index (κ1) is 15.9. The molecule has 8 heteroatoms. The van der Waals surface area contributed by atoms with E-state index in [4.69, 9.17) is 11.6 Å². The molecular weight excluding hydrogens is 316 g/mol. The van der Waals surface area contributed by atoms with Crippen LogP contribution in [0.25, 0.3) is 0 Å². The van der Waals surface area contributed by atoms with Gasteiger partial charge in [0, 0.05) is 19.2 Å². The lowest BCUT2D eigenvalue weighted by atomic mass is 10.2. The minimum absolute atomic E-state index is 0.0618. The van der Waals surface area contributed by atoms with Gasteiger partial charge in [0.2, 0.25) is 10.0 Å². The van der Waals surface area contributed by atoms with Crippen LogP contribution in [0.15, 0.2) is 28.7 Å². The maximum absolute atomic E-state index is 12.7. The van der Waals surface area contributed by atoms with Crippen LogP contribution in [0.5, 0.6) is 0 Å². The highest BCUT2D eigenvalue weighted by molar-refractivity contribution is 7.89. The lowest BCUT2D eigenvalue weighted by Gasteiger charge is -2.26. The van der Waals surface area contributed by atoms with E-state index in [1.165, 1.54) is 10.4 Å². The smallest absolute Gasteiger partial charge is 0.258 e. The Hall–Kier alpha value is -1.44. The SMILES string of the molecule is CC1=CCCN(S(=O)(=O)c2cc([N+](=O)[O-])c(Cl)cc2C)C1. The Labute approximate surface area is 128 Å². The summed E-state index contributed by atoms with van der Waals surface area (Å²) in [5, 5.41) is 10.9. The monoisotopic (exact) mass is 330 g/mol. The van der Waals surface area contributed by atoms with E-state index in [1.54, 1.807) is 6.92 Å². The third kappa shape index (κ3) is 3.09. The minimum Gasteiger partial charge on any atom is -0.258 e. The van der Waals surface area contributed by atoms with Gasteiger partial charge in [-0.1, -0.05) is 23.3 Å². The highest BCUT2D eigenvalue weighted by Gasteiger charge is 2.30. The number of hydrogen-bond acceptors (Lipinski definition) is 4. The summed E-state index contributed by atoms with van der Waals surface area (Å²) in [6, 6.07) is 2.36. The van der Waals surface area contributed by atoms with Crippen molar-refractivity contribution in [2.45, 2.75) is 25.2 Å². The number of aryl methyl sites for hydroxylation is 1. The van der Waals surface area contributed by atoms with Crippen molar-refractivity contribution < 1.29 is 13.3 Å². The molecule has 0 N–H and O–H groups in total. The van der Waals surface area contributed by atoms with Crippen molar-refractivity contribution in [1.82, 2.24) is 4.31 Å². The zero-order valence-corrected chi connectivity index (χ0v) is 13.2. The van der Waals surface area contributed by atoms with E-state index in [9.17, 15) is 18.5 Å². The van der Waals surface area contributed by atoms with Crippen LogP contribution >= 0.6 is 11.6 Å². The number of rotatable bonds is 3. The molecule has 0 amide bonds. The Balaban J connectivity index is 2.52. The first-order chi connectivity index (χ1) is 9.73. The molecule has 0 saturated carbocycles. The molecule has 6 nitrogen and oxygen atoms in total. The van der Waals surface area contributed by atoms with Gasteiger partial charge in [-0.15, -0.1) is 0 Å². The average Bonchev–Trinajstić information content (AvgIpc) is 2.37. The fourth-order valence-corrected chi connectivity index (χ4v) is 4.29. The van der Waals surface area contributed by atoms with Crippen LogP contribution in [0.1, 0.15) is 18.9 Å². The number of hydrogen-bond donors (Lipinski definition) is 0. The largest absolute Gasteiger partial charge is 0.289 e. The van der Waals surface area contributed by atoms with E-state index in [0.29, 0.717) is 25.1 Å². The number of nitrogens with zero attached hydrogens (tertiary/aromatic N) is 2.